The Morgan fingerprint density at radius 3 is 1.33 bits per heavy atom. The topological polar surface area (TPSA) is 80.3 Å². The van der Waals surface area contributed by atoms with Crippen LogP contribution in [0.15, 0.2) is 0 Å². The molecule has 0 saturated heterocycles. The van der Waals surface area contributed by atoms with E-state index in [0.717, 1.165) is 19.3 Å². The van der Waals surface area contributed by atoms with Gasteiger partial charge in [-0.3, -0.25) is 0 Å². The van der Waals surface area contributed by atoms with E-state index in [0.29, 0.717) is 6.42 Å². The number of unbranched alkanes of at least 4 members (excludes halogenated alkanes) is 8. The minimum Gasteiger partial charge on any atom is -0.549 e. The fourth-order valence-corrected chi connectivity index (χ4v) is 2.98. The van der Waals surface area contributed by atoms with Crippen molar-refractivity contribution in [2.75, 3.05) is 0 Å². The van der Waals surface area contributed by atoms with Crippen LogP contribution >= 0.6 is 0 Å². The number of carbonyl (C=O) groups is 2. The van der Waals surface area contributed by atoms with Gasteiger partial charge in [0.15, 0.2) is 0 Å². The van der Waals surface area contributed by atoms with Gasteiger partial charge in [0, 0.05) is 0 Å². The number of carboxylic acid groups (broad SMARTS) is 2. The summed E-state index contributed by atoms with van der Waals surface area (Å²) in [6.45, 7) is 7.04. The predicted octanol–water partition coefficient (Wildman–Crippen LogP) is -3.55. The molecule has 0 unspecified atom stereocenters. The first-order valence-corrected chi connectivity index (χ1v) is 8.63. The zero-order chi connectivity index (χ0) is 17.2. The molecule has 0 aromatic heterocycles. The van der Waals surface area contributed by atoms with E-state index in [1.54, 1.807) is 20.8 Å². The SMILES string of the molecule is CCCCCCCCCCCC(C(=O)[O-])(C(=O)[O-])C(C)(C)C.[Na+].[Na+]. The Labute approximate surface area is 192 Å². The van der Waals surface area contributed by atoms with Crippen LogP contribution in [0.25, 0.3) is 0 Å². The van der Waals surface area contributed by atoms with Gasteiger partial charge in [0.2, 0.25) is 0 Å². The van der Waals surface area contributed by atoms with Crippen LogP contribution in [0, 0.1) is 10.8 Å². The van der Waals surface area contributed by atoms with Crippen LogP contribution in [-0.4, -0.2) is 11.9 Å². The van der Waals surface area contributed by atoms with E-state index >= 15 is 0 Å². The largest absolute Gasteiger partial charge is 1.00 e. The van der Waals surface area contributed by atoms with Crippen molar-refractivity contribution < 1.29 is 78.9 Å². The first-order valence-electron chi connectivity index (χ1n) is 8.63. The maximum absolute atomic E-state index is 11.4. The van der Waals surface area contributed by atoms with Crippen molar-refractivity contribution in [1.29, 1.82) is 0 Å². The summed E-state index contributed by atoms with van der Waals surface area (Å²) in [6.07, 6.45) is 9.90. The summed E-state index contributed by atoms with van der Waals surface area (Å²) in [5, 5.41) is 22.9. The zero-order valence-electron chi connectivity index (χ0n) is 16.7. The van der Waals surface area contributed by atoms with Gasteiger partial charge in [-0.05, 0) is 11.8 Å². The maximum atomic E-state index is 11.4. The molecule has 0 spiro atoms. The molecule has 0 atom stereocenters. The Morgan fingerprint density at radius 1 is 0.708 bits per heavy atom. The van der Waals surface area contributed by atoms with E-state index in [4.69, 9.17) is 0 Å². The fourth-order valence-electron chi connectivity index (χ4n) is 2.98. The minimum atomic E-state index is -1.91. The van der Waals surface area contributed by atoms with Gasteiger partial charge in [0.05, 0.1) is 17.4 Å². The van der Waals surface area contributed by atoms with Crippen molar-refractivity contribution >= 4 is 11.9 Å². The third kappa shape index (κ3) is 9.59. The Morgan fingerprint density at radius 2 is 1.04 bits per heavy atom. The second-order valence-electron chi connectivity index (χ2n) is 7.31. The Kier molecular flexibility index (Phi) is 18.6. The van der Waals surface area contributed by atoms with Crippen molar-refractivity contribution in [1.82, 2.24) is 0 Å². The van der Waals surface area contributed by atoms with Crippen molar-refractivity contribution in [3.63, 3.8) is 0 Å². The zero-order valence-corrected chi connectivity index (χ0v) is 20.7. The molecule has 0 radical (unpaired) electrons. The average Bonchev–Trinajstić information content (AvgIpc) is 2.38. The summed E-state index contributed by atoms with van der Waals surface area (Å²) < 4.78 is 0. The molecule has 4 nitrogen and oxygen atoms in total. The van der Waals surface area contributed by atoms with Gasteiger partial charge in [-0.25, -0.2) is 0 Å². The Balaban J connectivity index is -0.00000220. The van der Waals surface area contributed by atoms with Gasteiger partial charge in [-0.15, -0.1) is 0 Å². The van der Waals surface area contributed by atoms with Crippen LogP contribution in [0.5, 0.6) is 0 Å². The molecule has 0 heterocycles. The van der Waals surface area contributed by atoms with Crippen LogP contribution < -0.4 is 69.3 Å². The normalized spacial score (nSPS) is 11.3. The van der Waals surface area contributed by atoms with E-state index in [2.05, 4.69) is 6.92 Å². The van der Waals surface area contributed by atoms with E-state index < -0.39 is 22.8 Å². The molecule has 0 fully saturated rings. The number of aliphatic carboxylic acids is 2. The molecule has 130 valence electrons. The Hall–Kier alpha value is 0.940. The van der Waals surface area contributed by atoms with Crippen LogP contribution in [0.3, 0.4) is 0 Å². The number of carboxylic acids is 2. The van der Waals surface area contributed by atoms with E-state index in [1.807, 2.05) is 0 Å². The monoisotopic (exact) mass is 358 g/mol. The summed E-state index contributed by atoms with van der Waals surface area (Å²) in [5.41, 5.74) is -2.83. The molecule has 0 aliphatic carbocycles. The molecule has 0 aliphatic rings. The smallest absolute Gasteiger partial charge is 0.549 e. The van der Waals surface area contributed by atoms with Gasteiger partial charge in [0.1, 0.15) is 0 Å². The van der Waals surface area contributed by atoms with Gasteiger partial charge < -0.3 is 19.8 Å². The molecule has 24 heavy (non-hydrogen) atoms. The summed E-state index contributed by atoms with van der Waals surface area (Å²) in [4.78, 5) is 22.9. The van der Waals surface area contributed by atoms with Crippen molar-refractivity contribution in [3.05, 3.63) is 0 Å². The summed E-state index contributed by atoms with van der Waals surface area (Å²) in [5.74, 6) is -3.06. The molecular formula is C18H32Na2O4. The molecule has 0 rings (SSSR count). The summed E-state index contributed by atoms with van der Waals surface area (Å²) in [7, 11) is 0. The minimum absolute atomic E-state index is 0. The molecule has 0 aromatic rings. The van der Waals surface area contributed by atoms with E-state index in [-0.39, 0.29) is 65.5 Å². The number of hydrogen-bond donors (Lipinski definition) is 0. The molecule has 0 aromatic carbocycles. The fraction of sp³-hybridized carbons (Fsp3) is 0.889. The van der Waals surface area contributed by atoms with Crippen LogP contribution in [-0.2, 0) is 9.59 Å². The van der Waals surface area contributed by atoms with E-state index in [9.17, 15) is 19.8 Å². The van der Waals surface area contributed by atoms with Crippen molar-refractivity contribution in [2.45, 2.75) is 91.9 Å². The predicted molar refractivity (Wildman–Crippen MR) is 83.7 cm³/mol. The molecule has 0 amide bonds. The average molecular weight is 358 g/mol. The molecule has 0 bridgehead atoms. The van der Waals surface area contributed by atoms with Crippen LogP contribution in [0.4, 0.5) is 0 Å². The Bertz CT molecular complexity index is 337. The third-order valence-electron chi connectivity index (χ3n) is 4.63. The second kappa shape index (κ2) is 15.0. The second-order valence-corrected chi connectivity index (χ2v) is 7.31. The summed E-state index contributed by atoms with van der Waals surface area (Å²) >= 11 is 0. The first kappa shape index (κ1) is 29.7. The van der Waals surface area contributed by atoms with Crippen LogP contribution in [0.2, 0.25) is 0 Å². The van der Waals surface area contributed by atoms with Gasteiger partial charge in [0.25, 0.3) is 0 Å². The maximum Gasteiger partial charge on any atom is 1.00 e. The molecule has 0 aliphatic heterocycles. The van der Waals surface area contributed by atoms with Crippen LogP contribution in [0.1, 0.15) is 91.9 Å². The van der Waals surface area contributed by atoms with E-state index in [1.165, 1.54) is 32.1 Å². The molecule has 0 saturated carbocycles. The molecule has 0 N–H and O–H groups in total. The standard InChI is InChI=1S/C18H34O4.2Na/c1-5-6-7-8-9-10-11-12-13-14-18(15(19)20,16(21)22)17(2,3)4;;/h5-14H2,1-4H3,(H,19,20)(H,21,22);;/q;2*+1/p-2. The molecular weight excluding hydrogens is 326 g/mol. The van der Waals surface area contributed by atoms with Crippen molar-refractivity contribution in [3.8, 4) is 0 Å². The first-order chi connectivity index (χ1) is 10.2. The number of carbonyl (C=O) groups excluding carboxylic acids is 2. The van der Waals surface area contributed by atoms with Gasteiger partial charge >= 0.3 is 59.1 Å². The van der Waals surface area contributed by atoms with Gasteiger partial charge in [-0.1, -0.05) is 85.5 Å². The molecule has 6 heteroatoms. The summed E-state index contributed by atoms with van der Waals surface area (Å²) in [6, 6.07) is 0. The number of rotatable bonds is 12. The van der Waals surface area contributed by atoms with Crippen molar-refractivity contribution in [2.24, 2.45) is 10.8 Å². The third-order valence-corrected chi connectivity index (χ3v) is 4.63. The quantitative estimate of drug-likeness (QED) is 0.206. The number of hydrogen-bond acceptors (Lipinski definition) is 4. The van der Waals surface area contributed by atoms with Gasteiger partial charge in [-0.2, -0.15) is 0 Å².